The first-order chi connectivity index (χ1) is 46.1. The van der Waals surface area contributed by atoms with Crippen molar-refractivity contribution < 1.29 is 58.2 Å². The number of benzene rings is 3. The second-order valence-corrected chi connectivity index (χ2v) is 24.4. The summed E-state index contributed by atoms with van der Waals surface area (Å²) in [6, 6.07) is 10.5. The van der Waals surface area contributed by atoms with Crippen LogP contribution in [0.2, 0.25) is 0 Å². The summed E-state index contributed by atoms with van der Waals surface area (Å²) in [7, 11) is 0. The van der Waals surface area contributed by atoms with Crippen LogP contribution >= 0.6 is 0 Å². The first-order valence-electron chi connectivity index (χ1n) is 32.2. The first-order valence-corrected chi connectivity index (χ1v) is 32.2. The summed E-state index contributed by atoms with van der Waals surface area (Å²) in [6.45, 7) is 5.50. The molecule has 30 heteroatoms. The number of carbonyl (C=O) groups is 10. The molecule has 2 fully saturated rings. The third-order valence-electron chi connectivity index (χ3n) is 16.5. The molecule has 2 aliphatic heterocycles. The summed E-state index contributed by atoms with van der Waals surface area (Å²) >= 11 is 0. The molecule has 3 aromatic carbocycles. The fourth-order valence-corrected chi connectivity index (χ4v) is 11.6. The number of phenolic OH excluding ortho intramolecular Hbond substituents is 1. The lowest BCUT2D eigenvalue weighted by atomic mass is 10.0. The molecule has 9 atom stereocenters. The number of hydrogen-bond acceptors (Lipinski definition) is 15. The predicted octanol–water partition coefficient (Wildman–Crippen LogP) is -0.997. The summed E-state index contributed by atoms with van der Waals surface area (Å²) in [4.78, 5) is 162. The van der Waals surface area contributed by atoms with E-state index in [9.17, 15) is 48.6 Å². The number of likely N-dealkylation sites (tertiary alicyclic amines) is 1. The molecule has 0 bridgehead atoms. The lowest BCUT2D eigenvalue weighted by Gasteiger charge is -2.30. The standard InChI is InChI=1S/C66H86N18O12/c1-4-70-64(95)55-17-11-25-84(55)65(96)48(16-10-24-71-66(67)68)76-58(89)49(26-38(2)3)77-62(93)53(30-43-34-83(37-74-43)33-40-12-6-5-7-13-40)81-59(90)50(27-39-18-20-44(86)21-19-39)78-63(94)54(35-85)82-60(91)51(28-41-31-72-46-15-9-8-14-45(41)46)79-61(92)52(29-42-32-69-36-73-42)80-57(88)47-22-23-56(87)75-47/h5-9,12-15,18-21,31-32,34,36-38,47-55,72,85-86H,4,10-11,16-17,22-30,33,35H2,1-3H3,(H,69,73)(H,70,95)(H,75,87)(H,76,89)(H,77,93)(H,78,94)(H,79,92)(H,80,88)(H,81,90)(H,82,91)(H4,67,68,71)/t47-,48?,49-,50-,51-,52-,53+,54?,55-/m0/s1. The molecule has 512 valence electrons. The van der Waals surface area contributed by atoms with Crippen molar-refractivity contribution in [3.8, 4) is 5.75 Å². The minimum atomic E-state index is -1.79. The number of aromatic nitrogens is 5. The minimum absolute atomic E-state index is 0.0495. The fraction of sp³-hybridized carbons (Fsp3) is 0.439. The number of aromatic hydroxyl groups is 1. The van der Waals surface area contributed by atoms with Crippen LogP contribution in [0, 0.1) is 5.92 Å². The highest BCUT2D eigenvalue weighted by molar-refractivity contribution is 5.99. The number of amides is 10. The molecule has 96 heavy (non-hydrogen) atoms. The molecule has 17 N–H and O–H groups in total. The molecule has 30 nitrogen and oxygen atoms in total. The van der Waals surface area contributed by atoms with Gasteiger partial charge in [0, 0.05) is 93.5 Å². The number of guanidine groups is 1. The summed E-state index contributed by atoms with van der Waals surface area (Å²) in [5, 5.41) is 46.3. The number of aliphatic hydroxyl groups excluding tert-OH is 1. The number of aromatic amines is 2. The molecule has 0 aliphatic carbocycles. The first kappa shape index (κ1) is 71.2. The van der Waals surface area contributed by atoms with Crippen molar-refractivity contribution in [2.75, 3.05) is 26.2 Å². The Morgan fingerprint density at radius 2 is 1.32 bits per heavy atom. The maximum atomic E-state index is 15.1. The number of phenols is 1. The second kappa shape index (κ2) is 34.5. The smallest absolute Gasteiger partial charge is 0.245 e. The Kier molecular flexibility index (Phi) is 25.6. The molecule has 3 aromatic heterocycles. The number of likely N-dealkylation sites (N-methyl/N-ethyl adjacent to an activating group) is 1. The monoisotopic (exact) mass is 1320 g/mol. The van der Waals surface area contributed by atoms with Gasteiger partial charge < -0.3 is 89.0 Å². The van der Waals surface area contributed by atoms with Crippen molar-refractivity contribution in [2.24, 2.45) is 22.4 Å². The Morgan fingerprint density at radius 3 is 1.97 bits per heavy atom. The second-order valence-electron chi connectivity index (χ2n) is 24.4. The number of nitrogens with two attached hydrogens (primary N) is 2. The number of imidazole rings is 2. The van der Waals surface area contributed by atoms with Gasteiger partial charge in [0.1, 0.15) is 60.1 Å². The van der Waals surface area contributed by atoms with Gasteiger partial charge in [-0.2, -0.15) is 0 Å². The molecule has 10 amide bonds. The van der Waals surface area contributed by atoms with E-state index in [0.717, 1.165) is 5.56 Å². The van der Waals surface area contributed by atoms with E-state index in [1.165, 1.54) is 41.7 Å². The van der Waals surface area contributed by atoms with Gasteiger partial charge in [-0.1, -0.05) is 74.5 Å². The van der Waals surface area contributed by atoms with E-state index in [1.807, 2.05) is 50.2 Å². The third-order valence-corrected chi connectivity index (χ3v) is 16.5. The van der Waals surface area contributed by atoms with Crippen LogP contribution in [0.1, 0.15) is 93.8 Å². The van der Waals surface area contributed by atoms with Gasteiger partial charge in [0.25, 0.3) is 0 Å². The van der Waals surface area contributed by atoms with E-state index in [0.29, 0.717) is 59.3 Å². The molecule has 2 aliphatic rings. The van der Waals surface area contributed by atoms with Crippen LogP contribution in [-0.4, -0.2) is 185 Å². The van der Waals surface area contributed by atoms with Gasteiger partial charge in [-0.3, -0.25) is 52.9 Å². The zero-order valence-electron chi connectivity index (χ0n) is 53.8. The molecule has 2 unspecified atom stereocenters. The number of H-pyrrole nitrogens is 2. The number of aliphatic imine (C=N–C) groups is 1. The Balaban J connectivity index is 1.06. The Hall–Kier alpha value is -10.7. The summed E-state index contributed by atoms with van der Waals surface area (Å²) < 4.78 is 1.78. The number of rotatable bonds is 34. The summed E-state index contributed by atoms with van der Waals surface area (Å²) in [5.41, 5.74) is 14.6. The molecule has 0 spiro atoms. The van der Waals surface area contributed by atoms with Crippen molar-refractivity contribution in [3.05, 3.63) is 138 Å². The normalized spacial score (nSPS) is 16.6. The highest BCUT2D eigenvalue weighted by Crippen LogP contribution is 2.23. The predicted molar refractivity (Wildman–Crippen MR) is 352 cm³/mol. The molecule has 0 radical (unpaired) electrons. The number of aliphatic hydroxyl groups is 1. The third kappa shape index (κ3) is 20.4. The van der Waals surface area contributed by atoms with Crippen molar-refractivity contribution in [3.63, 3.8) is 0 Å². The largest absolute Gasteiger partial charge is 0.508 e. The van der Waals surface area contributed by atoms with Crippen molar-refractivity contribution in [1.29, 1.82) is 0 Å². The Morgan fingerprint density at radius 1 is 0.698 bits per heavy atom. The summed E-state index contributed by atoms with van der Waals surface area (Å²) in [6.07, 6.45) is 8.49. The van der Waals surface area contributed by atoms with Crippen LogP contribution < -0.4 is 59.3 Å². The van der Waals surface area contributed by atoms with Crippen LogP contribution in [0.3, 0.4) is 0 Å². The van der Waals surface area contributed by atoms with Crippen molar-refractivity contribution in [1.82, 2.24) is 77.3 Å². The molecule has 6 aromatic rings. The van der Waals surface area contributed by atoms with Gasteiger partial charge in [-0.05, 0) is 86.3 Å². The lowest BCUT2D eigenvalue weighted by molar-refractivity contribution is -0.142. The maximum absolute atomic E-state index is 15.1. The van der Waals surface area contributed by atoms with Gasteiger partial charge >= 0.3 is 0 Å². The molecule has 0 saturated carbocycles. The highest BCUT2D eigenvalue weighted by atomic mass is 16.3. The SMILES string of the molecule is CCNC(=O)[C@@H]1CCCN1C(=O)C(CCCN=C(N)N)NC(=O)[C@H](CC(C)C)NC(=O)[C@@H](Cc1cn(Cc2ccccc2)cn1)NC(=O)[C@H](Cc1ccc(O)cc1)NC(=O)C(CO)NC(=O)[C@H](Cc1c[nH]c2ccccc12)NC(=O)[C@H](Cc1cnc[nH]1)NC(=O)[C@@H]1CCC(=O)N1. The van der Waals surface area contributed by atoms with Gasteiger partial charge in [0.15, 0.2) is 5.96 Å². The number of nitrogens with zero attached hydrogens (tertiary/aromatic N) is 5. The van der Waals surface area contributed by atoms with Crippen LogP contribution in [0.15, 0.2) is 115 Å². The molecular formula is C66H86N18O12. The average molecular weight is 1320 g/mol. The van der Waals surface area contributed by atoms with E-state index < -0.39 is 108 Å². The van der Waals surface area contributed by atoms with Crippen LogP contribution in [0.5, 0.6) is 5.75 Å². The number of hydrogen-bond donors (Lipinski definition) is 15. The van der Waals surface area contributed by atoms with Crippen LogP contribution in [0.25, 0.3) is 10.9 Å². The zero-order chi connectivity index (χ0) is 68.8. The quantitative estimate of drug-likeness (QED) is 0.0131. The average Bonchev–Trinajstić information content (AvgIpc) is 1.65. The van der Waals surface area contributed by atoms with E-state index in [4.69, 9.17) is 11.5 Å². The van der Waals surface area contributed by atoms with Crippen molar-refractivity contribution in [2.45, 2.75) is 152 Å². The fourth-order valence-electron chi connectivity index (χ4n) is 11.6. The molecule has 2 saturated heterocycles. The van der Waals surface area contributed by atoms with Crippen molar-refractivity contribution >= 4 is 75.9 Å². The van der Waals surface area contributed by atoms with Crippen LogP contribution in [-0.2, 0) is 80.2 Å². The van der Waals surface area contributed by atoms with E-state index in [2.05, 4.69) is 72.8 Å². The molecule has 5 heterocycles. The van der Waals surface area contributed by atoms with Gasteiger partial charge in [0.05, 0.1) is 25.0 Å². The van der Waals surface area contributed by atoms with E-state index in [1.54, 1.807) is 48.4 Å². The Bertz CT molecular complexity index is 3680. The number of para-hydroxylation sites is 1. The highest BCUT2D eigenvalue weighted by Gasteiger charge is 2.40. The topological polar surface area (TPSA) is 449 Å². The van der Waals surface area contributed by atoms with Gasteiger partial charge in [-0.25, -0.2) is 9.97 Å². The molecule has 8 rings (SSSR count). The zero-order valence-corrected chi connectivity index (χ0v) is 53.8. The molecular weight excluding hydrogens is 1240 g/mol. The van der Waals surface area contributed by atoms with Crippen LogP contribution in [0.4, 0.5) is 0 Å². The maximum Gasteiger partial charge on any atom is 0.245 e. The number of fused-ring (bicyclic) bond motifs is 1. The minimum Gasteiger partial charge on any atom is -0.508 e. The van der Waals surface area contributed by atoms with E-state index in [-0.39, 0.29) is 100 Å². The number of nitrogens with one attached hydrogen (secondary N) is 11. The van der Waals surface area contributed by atoms with Gasteiger partial charge in [0.2, 0.25) is 59.1 Å². The Labute approximate surface area is 554 Å². The lowest BCUT2D eigenvalue weighted by Crippen LogP contribution is -2.61. The summed E-state index contributed by atoms with van der Waals surface area (Å²) in [5.74, 6) is -7.72. The van der Waals surface area contributed by atoms with Gasteiger partial charge in [-0.15, -0.1) is 0 Å². The number of carbonyl (C=O) groups excluding carboxylic acids is 10. The van der Waals surface area contributed by atoms with E-state index >= 15 is 9.59 Å².